The highest BCUT2D eigenvalue weighted by atomic mass is 16.2. The number of hydrogen-bond acceptors (Lipinski definition) is 2. The highest BCUT2D eigenvalue weighted by Gasteiger charge is 2.24. The summed E-state index contributed by atoms with van der Waals surface area (Å²) in [6.07, 6.45) is 6.85. The lowest BCUT2D eigenvalue weighted by Crippen LogP contribution is -2.43. The Hall–Kier alpha value is -1.32. The first kappa shape index (κ1) is 14.7. The molecule has 0 fully saturated rings. The summed E-state index contributed by atoms with van der Waals surface area (Å²) in [6.45, 7) is 5.50. The molecule has 4 nitrogen and oxygen atoms in total. The zero-order chi connectivity index (χ0) is 13.5. The van der Waals surface area contributed by atoms with Gasteiger partial charge in [0.15, 0.2) is 0 Å². The molecule has 0 bridgehead atoms. The van der Waals surface area contributed by atoms with Crippen LogP contribution in [0.4, 0.5) is 0 Å². The summed E-state index contributed by atoms with van der Waals surface area (Å²) in [5.74, 6) is 0.187. The molecule has 0 radical (unpaired) electrons. The summed E-state index contributed by atoms with van der Waals surface area (Å²) >= 11 is 0. The van der Waals surface area contributed by atoms with E-state index in [1.165, 1.54) is 0 Å². The van der Waals surface area contributed by atoms with Crippen molar-refractivity contribution in [3.05, 3.63) is 12.2 Å². The first-order chi connectivity index (χ1) is 8.60. The van der Waals surface area contributed by atoms with Crippen molar-refractivity contribution in [2.75, 3.05) is 26.7 Å². The zero-order valence-corrected chi connectivity index (χ0v) is 11.7. The van der Waals surface area contributed by atoms with Crippen LogP contribution in [-0.2, 0) is 9.59 Å². The number of carbonyl (C=O) groups excluding carboxylic acids is 2. The molecule has 0 saturated heterocycles. The van der Waals surface area contributed by atoms with Crippen molar-refractivity contribution in [3.8, 4) is 0 Å². The summed E-state index contributed by atoms with van der Waals surface area (Å²) in [5.41, 5.74) is 0. The second-order valence-electron chi connectivity index (χ2n) is 4.74. The molecular formula is C14H24N2O2. The van der Waals surface area contributed by atoms with Crippen molar-refractivity contribution >= 4 is 11.8 Å². The third-order valence-corrected chi connectivity index (χ3v) is 3.48. The van der Waals surface area contributed by atoms with Gasteiger partial charge in [0, 0.05) is 26.1 Å². The predicted molar refractivity (Wildman–Crippen MR) is 72.0 cm³/mol. The monoisotopic (exact) mass is 252 g/mol. The minimum atomic E-state index is 0.0298. The summed E-state index contributed by atoms with van der Waals surface area (Å²) in [6, 6.07) is 0. The van der Waals surface area contributed by atoms with E-state index in [9.17, 15) is 9.59 Å². The molecule has 1 unspecified atom stereocenters. The molecule has 0 aliphatic heterocycles. The quantitative estimate of drug-likeness (QED) is 0.698. The van der Waals surface area contributed by atoms with Crippen molar-refractivity contribution < 1.29 is 9.59 Å². The molecule has 18 heavy (non-hydrogen) atoms. The Morgan fingerprint density at radius 3 is 2.39 bits per heavy atom. The van der Waals surface area contributed by atoms with Gasteiger partial charge in [-0.3, -0.25) is 9.59 Å². The van der Waals surface area contributed by atoms with E-state index in [0.717, 1.165) is 19.3 Å². The summed E-state index contributed by atoms with van der Waals surface area (Å²) in [7, 11) is 1.72. The van der Waals surface area contributed by atoms with Crippen LogP contribution in [0, 0.1) is 5.92 Å². The third-order valence-electron chi connectivity index (χ3n) is 3.48. The van der Waals surface area contributed by atoms with Gasteiger partial charge in [-0.2, -0.15) is 0 Å². The maximum atomic E-state index is 12.2. The minimum absolute atomic E-state index is 0.0298. The number of rotatable bonds is 5. The Bertz CT molecular complexity index is 322. The molecule has 0 aromatic rings. The Labute approximate surface area is 110 Å². The molecule has 102 valence electrons. The fraction of sp³-hybridized carbons (Fsp3) is 0.714. The van der Waals surface area contributed by atoms with Gasteiger partial charge in [0.2, 0.25) is 11.8 Å². The highest BCUT2D eigenvalue weighted by molar-refractivity contribution is 5.85. The first-order valence-corrected chi connectivity index (χ1v) is 6.77. The number of likely N-dealkylation sites (N-methyl/N-ethyl adjacent to an activating group) is 2. The molecule has 1 aliphatic carbocycles. The van der Waals surface area contributed by atoms with Crippen LogP contribution < -0.4 is 0 Å². The van der Waals surface area contributed by atoms with Gasteiger partial charge >= 0.3 is 0 Å². The normalized spacial score (nSPS) is 18.5. The van der Waals surface area contributed by atoms with Crippen LogP contribution in [0.1, 0.15) is 33.1 Å². The van der Waals surface area contributed by atoms with Crippen molar-refractivity contribution in [2.45, 2.75) is 33.1 Å². The maximum absolute atomic E-state index is 12.2. The predicted octanol–water partition coefficient (Wildman–Crippen LogP) is 1.67. The largest absolute Gasteiger partial charge is 0.342 e. The molecule has 2 amide bonds. The van der Waals surface area contributed by atoms with E-state index >= 15 is 0 Å². The maximum Gasteiger partial charge on any atom is 0.242 e. The number of allylic oxidation sites excluding steroid dienone is 2. The van der Waals surface area contributed by atoms with Gasteiger partial charge in [-0.05, 0) is 33.1 Å². The van der Waals surface area contributed by atoms with Crippen LogP contribution in [-0.4, -0.2) is 48.3 Å². The molecule has 0 spiro atoms. The fourth-order valence-electron chi connectivity index (χ4n) is 2.29. The SMILES string of the molecule is CCN(CC)C(=O)CN(C)C(=O)C1CC=CCC1. The van der Waals surface area contributed by atoms with E-state index in [4.69, 9.17) is 0 Å². The van der Waals surface area contributed by atoms with Gasteiger partial charge in [0.25, 0.3) is 0 Å². The minimum Gasteiger partial charge on any atom is -0.342 e. The van der Waals surface area contributed by atoms with Gasteiger partial charge in [-0.15, -0.1) is 0 Å². The molecule has 4 heteroatoms. The smallest absolute Gasteiger partial charge is 0.242 e. The Morgan fingerprint density at radius 2 is 1.89 bits per heavy atom. The van der Waals surface area contributed by atoms with Gasteiger partial charge in [-0.25, -0.2) is 0 Å². The molecule has 1 atom stereocenters. The van der Waals surface area contributed by atoms with E-state index < -0.39 is 0 Å². The highest BCUT2D eigenvalue weighted by Crippen LogP contribution is 2.20. The topological polar surface area (TPSA) is 40.6 Å². The van der Waals surface area contributed by atoms with Crippen LogP contribution in [0.3, 0.4) is 0 Å². The van der Waals surface area contributed by atoms with E-state index in [1.54, 1.807) is 16.8 Å². The van der Waals surface area contributed by atoms with Gasteiger partial charge in [-0.1, -0.05) is 12.2 Å². The number of hydrogen-bond donors (Lipinski definition) is 0. The van der Waals surface area contributed by atoms with E-state index in [2.05, 4.69) is 12.2 Å². The van der Waals surface area contributed by atoms with E-state index in [-0.39, 0.29) is 24.3 Å². The second kappa shape index (κ2) is 7.19. The molecule has 0 N–H and O–H groups in total. The molecule has 0 heterocycles. The second-order valence-corrected chi connectivity index (χ2v) is 4.74. The summed E-state index contributed by atoms with van der Waals surface area (Å²) in [5, 5.41) is 0. The summed E-state index contributed by atoms with van der Waals surface area (Å²) < 4.78 is 0. The van der Waals surface area contributed by atoms with Crippen molar-refractivity contribution in [1.29, 1.82) is 0 Å². The first-order valence-electron chi connectivity index (χ1n) is 6.77. The molecule has 0 saturated carbocycles. The standard InChI is InChI=1S/C14H24N2O2/c1-4-16(5-2)13(17)11-15(3)14(18)12-9-7-6-8-10-12/h6-7,12H,4-5,8-11H2,1-3H3. The van der Waals surface area contributed by atoms with Gasteiger partial charge in [0.05, 0.1) is 6.54 Å². The fourth-order valence-corrected chi connectivity index (χ4v) is 2.29. The Kier molecular flexibility index (Phi) is 5.89. The van der Waals surface area contributed by atoms with Crippen molar-refractivity contribution in [2.24, 2.45) is 5.92 Å². The zero-order valence-electron chi connectivity index (χ0n) is 11.7. The lowest BCUT2D eigenvalue weighted by Gasteiger charge is -2.26. The molecule has 0 aromatic carbocycles. The van der Waals surface area contributed by atoms with Crippen molar-refractivity contribution in [1.82, 2.24) is 9.80 Å². The lowest BCUT2D eigenvalue weighted by molar-refractivity contribution is -0.141. The average Bonchev–Trinajstić information content (AvgIpc) is 2.40. The van der Waals surface area contributed by atoms with E-state index in [1.807, 2.05) is 13.8 Å². The molecule has 1 aliphatic rings. The van der Waals surface area contributed by atoms with Crippen molar-refractivity contribution in [3.63, 3.8) is 0 Å². The Morgan fingerprint density at radius 1 is 1.22 bits per heavy atom. The van der Waals surface area contributed by atoms with Crippen LogP contribution >= 0.6 is 0 Å². The van der Waals surface area contributed by atoms with Crippen LogP contribution in [0.5, 0.6) is 0 Å². The molecule has 0 aromatic heterocycles. The number of amides is 2. The number of nitrogens with zero attached hydrogens (tertiary/aromatic N) is 2. The molecule has 1 rings (SSSR count). The Balaban J connectivity index is 2.48. The third kappa shape index (κ3) is 3.86. The van der Waals surface area contributed by atoms with Gasteiger partial charge < -0.3 is 9.80 Å². The lowest BCUT2D eigenvalue weighted by atomic mass is 9.93. The average molecular weight is 252 g/mol. The van der Waals surface area contributed by atoms with Gasteiger partial charge in [0.1, 0.15) is 0 Å². The molecular weight excluding hydrogens is 228 g/mol. The van der Waals surface area contributed by atoms with Crippen LogP contribution in [0.25, 0.3) is 0 Å². The van der Waals surface area contributed by atoms with Crippen LogP contribution in [0.2, 0.25) is 0 Å². The summed E-state index contributed by atoms with van der Waals surface area (Å²) in [4.78, 5) is 27.4. The van der Waals surface area contributed by atoms with E-state index in [0.29, 0.717) is 13.1 Å². The van der Waals surface area contributed by atoms with Crippen LogP contribution in [0.15, 0.2) is 12.2 Å². The number of carbonyl (C=O) groups is 2.